The van der Waals surface area contributed by atoms with Crippen molar-refractivity contribution in [3.05, 3.63) is 0 Å². The van der Waals surface area contributed by atoms with Gasteiger partial charge in [0.05, 0.1) is 0 Å². The molecule has 0 heterocycles. The third kappa shape index (κ3) is 49.6. The molecule has 0 aromatic carbocycles. The van der Waals surface area contributed by atoms with Gasteiger partial charge in [-0.15, -0.1) is 0 Å². The van der Waals surface area contributed by atoms with Crippen LogP contribution in [0.25, 0.3) is 0 Å². The normalized spacial score (nSPS) is 5.40. The summed E-state index contributed by atoms with van der Waals surface area (Å²) < 4.78 is 29.4. The van der Waals surface area contributed by atoms with Gasteiger partial charge in [0, 0.05) is 0 Å². The number of hydrogen-bond acceptors (Lipinski definition) is 0. The van der Waals surface area contributed by atoms with Gasteiger partial charge in [-0.1, -0.05) is 0 Å². The molecule has 5 heteroatoms. The van der Waals surface area contributed by atoms with Crippen LogP contribution in [0.2, 0.25) is 0 Å². The van der Waals surface area contributed by atoms with E-state index < -0.39 is 15.5 Å². The fraction of sp³-hybridized carbons (Fsp3) is 0. The van der Waals surface area contributed by atoms with E-state index >= 15 is 0 Å². The molecule has 0 fully saturated rings. The molecule has 0 aromatic rings. The van der Waals surface area contributed by atoms with Gasteiger partial charge < -0.3 is 10.6 Å². The van der Waals surface area contributed by atoms with E-state index in [4.69, 9.17) is 0 Å². The molecule has 0 saturated carbocycles. The van der Waals surface area contributed by atoms with Gasteiger partial charge >= 0.3 is 34.4 Å². The zero-order valence-corrected chi connectivity index (χ0v) is 2.87. The van der Waals surface area contributed by atoms with Crippen LogP contribution in [0.3, 0.4) is 0 Å². The minimum absolute atomic E-state index is 0. The van der Waals surface area contributed by atoms with Crippen LogP contribution in [0.15, 0.2) is 0 Å². The third-order valence-corrected chi connectivity index (χ3v) is 0. The molecule has 0 bridgehead atoms. The maximum atomic E-state index is 9.81. The summed E-state index contributed by atoms with van der Waals surface area (Å²) >= 11 is -4.64. The van der Waals surface area contributed by atoms with E-state index in [1.54, 1.807) is 0 Å². The molecule has 0 spiro atoms. The van der Waals surface area contributed by atoms with Crippen molar-refractivity contribution in [2.75, 3.05) is 0 Å². The van der Waals surface area contributed by atoms with Crippen molar-refractivity contribution in [2.24, 2.45) is 0 Å². The average Bonchev–Trinajstić information content (AvgIpc) is 0.811. The standard InChI is InChI=1S/Al.3FH.Li.H/h;3*1H;;/q+3;;;;;/p-3. The van der Waals surface area contributed by atoms with Crippen molar-refractivity contribution in [1.29, 1.82) is 0 Å². The molecule has 0 aliphatic heterocycles. The van der Waals surface area contributed by atoms with Gasteiger partial charge in [0.2, 0.25) is 0 Å². The Balaban J connectivity index is 0. The minimum atomic E-state index is -4.64. The second-order valence-corrected chi connectivity index (χ2v) is 0.742. The Bertz CT molecular complexity index is 11.6. The Morgan fingerprint density at radius 3 is 1.00 bits per heavy atom. The average molecular weight is 91.9 g/mol. The van der Waals surface area contributed by atoms with E-state index in [1.807, 2.05) is 0 Å². The topological polar surface area (TPSA) is 0 Å². The third-order valence-electron chi connectivity index (χ3n) is 0. The van der Waals surface area contributed by atoms with Crippen LogP contribution in [-0.4, -0.2) is 34.4 Å². The van der Waals surface area contributed by atoms with E-state index in [9.17, 15) is 10.6 Å². The number of halogens is 3. The summed E-state index contributed by atoms with van der Waals surface area (Å²) in [5.41, 5.74) is 0. The number of hydrogen-bond donors (Lipinski definition) is 0. The monoisotopic (exact) mass is 92.0 g/mol. The fourth-order valence-corrected chi connectivity index (χ4v) is 0. The maximum absolute atomic E-state index is 9.81. The zero-order chi connectivity index (χ0) is 3.58. The van der Waals surface area contributed by atoms with E-state index in [1.165, 1.54) is 0 Å². The van der Waals surface area contributed by atoms with Crippen LogP contribution in [0, 0.1) is 0 Å². The molecule has 0 unspecified atom stereocenters. The summed E-state index contributed by atoms with van der Waals surface area (Å²) in [4.78, 5) is 0. The first-order chi connectivity index (χ1) is 1.73. The van der Waals surface area contributed by atoms with Gasteiger partial charge in [0.1, 0.15) is 0 Å². The molecule has 0 saturated heterocycles. The Kier molecular flexibility index (Phi) is 9.18. The van der Waals surface area contributed by atoms with Crippen molar-refractivity contribution in [2.45, 2.75) is 0 Å². The van der Waals surface area contributed by atoms with Crippen molar-refractivity contribution in [3.8, 4) is 0 Å². The van der Waals surface area contributed by atoms with Crippen molar-refractivity contribution in [3.63, 3.8) is 0 Å². The van der Waals surface area contributed by atoms with Crippen molar-refractivity contribution >= 4 is 34.4 Å². The second kappa shape index (κ2) is 4.92. The predicted molar refractivity (Wildman–Crippen MR) is 16.2 cm³/mol. The van der Waals surface area contributed by atoms with Gasteiger partial charge in [-0.25, -0.2) is 0 Å². The molecule has 0 aliphatic rings. The van der Waals surface area contributed by atoms with Gasteiger partial charge in [0.15, 0.2) is 0 Å². The summed E-state index contributed by atoms with van der Waals surface area (Å²) in [6.07, 6.45) is 0. The van der Waals surface area contributed by atoms with Gasteiger partial charge in [-0.3, -0.25) is 0 Å². The molecule has 0 nitrogen and oxygen atoms in total. The molecule has 0 radical (unpaired) electrons. The van der Waals surface area contributed by atoms with Crippen molar-refractivity contribution < 1.29 is 10.6 Å². The molecular weight excluding hydrogens is 90.9 g/mol. The number of rotatable bonds is 0. The summed E-state index contributed by atoms with van der Waals surface area (Å²) in [5.74, 6) is 0. The van der Waals surface area contributed by atoms with Crippen LogP contribution in [0.1, 0.15) is 0 Å². The SMILES string of the molecule is [F][Al]([F])[F].[LiH]. The zero-order valence-electron chi connectivity index (χ0n) is 1.71. The predicted octanol–water partition coefficient (Wildman–Crippen LogP) is 0.231. The first-order valence-corrected chi connectivity index (χ1v) is 1.96. The molecule has 0 amide bonds. The summed E-state index contributed by atoms with van der Waals surface area (Å²) in [5, 5.41) is 0. The van der Waals surface area contributed by atoms with Gasteiger partial charge in [-0.2, -0.15) is 0 Å². The molecule has 0 N–H and O–H groups in total. The quantitative estimate of drug-likeness (QED) is 0.375. The fourth-order valence-electron chi connectivity index (χ4n) is 0. The van der Waals surface area contributed by atoms with Crippen molar-refractivity contribution in [1.82, 2.24) is 0 Å². The van der Waals surface area contributed by atoms with Gasteiger partial charge in [-0.05, 0) is 0 Å². The van der Waals surface area contributed by atoms with E-state index in [-0.39, 0.29) is 18.9 Å². The molecule has 0 aliphatic carbocycles. The molecule has 26 valence electrons. The Hall–Kier alpha value is 0.920. The Morgan fingerprint density at radius 1 is 1.00 bits per heavy atom. The van der Waals surface area contributed by atoms with Crippen LogP contribution in [0.4, 0.5) is 10.6 Å². The molecule has 0 rings (SSSR count). The van der Waals surface area contributed by atoms with Crippen LogP contribution in [0.5, 0.6) is 0 Å². The van der Waals surface area contributed by atoms with Crippen LogP contribution < -0.4 is 0 Å². The van der Waals surface area contributed by atoms with Crippen LogP contribution >= 0.6 is 0 Å². The van der Waals surface area contributed by atoms with E-state index in [0.717, 1.165) is 0 Å². The second-order valence-electron chi connectivity index (χ2n) is 0.247. The summed E-state index contributed by atoms with van der Waals surface area (Å²) in [7, 11) is 0. The summed E-state index contributed by atoms with van der Waals surface area (Å²) in [6, 6.07) is 0. The van der Waals surface area contributed by atoms with Crippen LogP contribution in [-0.2, 0) is 0 Å². The molecule has 5 heavy (non-hydrogen) atoms. The molecular formula is HAlF3Li. The Morgan fingerprint density at radius 2 is 1.00 bits per heavy atom. The first kappa shape index (κ1) is 9.33. The molecule has 0 atom stereocenters. The van der Waals surface area contributed by atoms with Gasteiger partial charge in [0.25, 0.3) is 0 Å². The summed E-state index contributed by atoms with van der Waals surface area (Å²) in [6.45, 7) is 0. The van der Waals surface area contributed by atoms with E-state index in [0.29, 0.717) is 0 Å². The first-order valence-electron chi connectivity index (χ1n) is 0.655. The van der Waals surface area contributed by atoms with E-state index in [2.05, 4.69) is 0 Å². The Labute approximate surface area is 45.4 Å². The molecule has 0 aromatic heterocycles.